The van der Waals surface area contributed by atoms with Crippen LogP contribution >= 0.6 is 0 Å². The summed E-state index contributed by atoms with van der Waals surface area (Å²) in [7, 11) is 1.46. The smallest absolute Gasteiger partial charge is 0.280 e. The lowest BCUT2D eigenvalue weighted by Crippen LogP contribution is -2.19. The lowest BCUT2D eigenvalue weighted by atomic mass is 10.1. The molecule has 1 amide bonds. The summed E-state index contributed by atoms with van der Waals surface area (Å²) in [4.78, 5) is 16.5. The number of hydrogen-bond acceptors (Lipinski definition) is 5. The molecular weight excluding hydrogens is 382 g/mol. The number of benzene rings is 1. The third-order valence-corrected chi connectivity index (χ3v) is 4.83. The first kappa shape index (κ1) is 19.3. The number of carbonyl (C=O) groups excluding carboxylic acids is 1. The van der Waals surface area contributed by atoms with Gasteiger partial charge >= 0.3 is 0 Å². The molecule has 3 aromatic rings. The number of aromatic nitrogens is 3. The van der Waals surface area contributed by atoms with Crippen molar-refractivity contribution in [1.29, 1.82) is 0 Å². The third-order valence-electron chi connectivity index (χ3n) is 4.83. The van der Waals surface area contributed by atoms with E-state index in [0.717, 1.165) is 30.2 Å². The first-order valence-corrected chi connectivity index (χ1v) is 9.30. The first-order chi connectivity index (χ1) is 14.1. The van der Waals surface area contributed by atoms with E-state index in [4.69, 9.17) is 9.47 Å². The molecule has 2 aromatic heterocycles. The van der Waals surface area contributed by atoms with Crippen molar-refractivity contribution in [2.24, 2.45) is 0 Å². The fourth-order valence-corrected chi connectivity index (χ4v) is 3.39. The summed E-state index contributed by atoms with van der Waals surface area (Å²) in [5, 5.41) is 7.72. The zero-order valence-corrected chi connectivity index (χ0v) is 15.8. The second-order valence-electron chi connectivity index (χ2n) is 6.72. The third kappa shape index (κ3) is 3.91. The van der Waals surface area contributed by atoms with E-state index < -0.39 is 18.0 Å². The quantitative estimate of drug-likeness (QED) is 0.687. The molecule has 0 saturated carbocycles. The van der Waals surface area contributed by atoms with Gasteiger partial charge in [0.15, 0.2) is 6.23 Å². The van der Waals surface area contributed by atoms with E-state index in [1.165, 1.54) is 25.3 Å². The molecule has 1 aromatic carbocycles. The number of hydrogen-bond donors (Lipinski definition) is 1. The Bertz CT molecular complexity index is 1030. The number of carbonyl (C=O) groups is 1. The summed E-state index contributed by atoms with van der Waals surface area (Å²) in [6, 6.07) is 7.46. The number of rotatable bonds is 5. The van der Waals surface area contributed by atoms with Crippen LogP contribution in [0.5, 0.6) is 5.75 Å². The number of halogens is 2. The second-order valence-corrected chi connectivity index (χ2v) is 6.72. The van der Waals surface area contributed by atoms with E-state index in [9.17, 15) is 13.6 Å². The summed E-state index contributed by atoms with van der Waals surface area (Å²) in [6.45, 7) is 0.689. The number of amides is 1. The minimum absolute atomic E-state index is 0.0428. The van der Waals surface area contributed by atoms with Crippen molar-refractivity contribution in [1.82, 2.24) is 14.8 Å². The van der Waals surface area contributed by atoms with Crippen LogP contribution in [-0.4, -0.2) is 34.4 Å². The molecule has 0 aliphatic carbocycles. The molecule has 3 heterocycles. The number of pyridine rings is 1. The number of nitrogens with one attached hydrogen (secondary N) is 1. The van der Waals surface area contributed by atoms with Crippen LogP contribution in [0.25, 0.3) is 10.9 Å². The van der Waals surface area contributed by atoms with Crippen molar-refractivity contribution < 1.29 is 23.0 Å². The van der Waals surface area contributed by atoms with E-state index in [1.54, 1.807) is 23.0 Å². The fraction of sp³-hybridized carbons (Fsp3) is 0.350. The Labute approximate surface area is 165 Å². The highest BCUT2D eigenvalue weighted by Gasteiger charge is 2.22. The number of alkyl halides is 2. The summed E-state index contributed by atoms with van der Waals surface area (Å²) >= 11 is 0. The predicted molar refractivity (Wildman–Crippen MR) is 102 cm³/mol. The molecule has 1 atom stereocenters. The summed E-state index contributed by atoms with van der Waals surface area (Å²) in [5.41, 5.74) is 0.649. The SMILES string of the molecule is COc1cc2c(cnn2C2CCCCO2)cc1C(=O)Nc1cccc(C(F)F)n1. The molecule has 1 saturated heterocycles. The molecular formula is C20H20F2N4O3. The Kier molecular flexibility index (Phi) is 5.39. The van der Waals surface area contributed by atoms with Gasteiger partial charge < -0.3 is 14.8 Å². The average molecular weight is 402 g/mol. The van der Waals surface area contributed by atoms with Crippen molar-refractivity contribution in [2.45, 2.75) is 31.9 Å². The maximum atomic E-state index is 12.8. The number of nitrogens with zero attached hydrogens (tertiary/aromatic N) is 3. The molecule has 1 unspecified atom stereocenters. The van der Waals surface area contributed by atoms with Crippen molar-refractivity contribution in [3.05, 3.63) is 47.8 Å². The lowest BCUT2D eigenvalue weighted by molar-refractivity contribution is -0.0366. The van der Waals surface area contributed by atoms with Crippen molar-refractivity contribution >= 4 is 22.6 Å². The van der Waals surface area contributed by atoms with Crippen molar-refractivity contribution in [3.63, 3.8) is 0 Å². The van der Waals surface area contributed by atoms with E-state index in [-0.39, 0.29) is 17.6 Å². The number of methoxy groups -OCH3 is 1. The largest absolute Gasteiger partial charge is 0.496 e. The standard InChI is InChI=1S/C20H20F2N4O3/c1-28-16-10-15-12(11-23-26(15)18-7-2-3-8-29-18)9-13(16)20(27)25-17-6-4-5-14(24-17)19(21)22/h4-6,9-11,18-19H,2-3,7-8H2,1H3,(H,24,25,27). The minimum Gasteiger partial charge on any atom is -0.496 e. The molecule has 1 N–H and O–H groups in total. The zero-order chi connectivity index (χ0) is 20.4. The second kappa shape index (κ2) is 8.12. The molecule has 152 valence electrons. The highest BCUT2D eigenvalue weighted by Crippen LogP contribution is 2.31. The summed E-state index contributed by atoms with van der Waals surface area (Å²) < 4.78 is 38.7. The molecule has 9 heteroatoms. The van der Waals surface area contributed by atoms with Gasteiger partial charge in [-0.05, 0) is 37.5 Å². The van der Waals surface area contributed by atoms with Gasteiger partial charge in [0.2, 0.25) is 0 Å². The van der Waals surface area contributed by atoms with Crippen LogP contribution in [0.1, 0.15) is 48.0 Å². The van der Waals surface area contributed by atoms with Gasteiger partial charge in [-0.1, -0.05) is 6.07 Å². The number of fused-ring (bicyclic) bond motifs is 1. The molecule has 29 heavy (non-hydrogen) atoms. The molecule has 1 fully saturated rings. The average Bonchev–Trinajstić information content (AvgIpc) is 3.16. The first-order valence-electron chi connectivity index (χ1n) is 9.30. The summed E-state index contributed by atoms with van der Waals surface area (Å²) in [5.74, 6) is -0.122. The maximum Gasteiger partial charge on any atom is 0.280 e. The van der Waals surface area contributed by atoms with Crippen molar-refractivity contribution in [2.75, 3.05) is 19.0 Å². The van der Waals surface area contributed by atoms with Gasteiger partial charge in [0.05, 0.1) is 24.4 Å². The van der Waals surface area contributed by atoms with Crippen LogP contribution in [0.3, 0.4) is 0 Å². The lowest BCUT2D eigenvalue weighted by Gasteiger charge is -2.23. The van der Waals surface area contributed by atoms with Gasteiger partial charge in [-0.2, -0.15) is 5.10 Å². The van der Waals surface area contributed by atoms with Crippen LogP contribution in [0, 0.1) is 0 Å². The highest BCUT2D eigenvalue weighted by molar-refractivity contribution is 6.08. The zero-order valence-electron chi connectivity index (χ0n) is 15.8. The minimum atomic E-state index is -2.72. The Morgan fingerprint density at radius 1 is 1.34 bits per heavy atom. The van der Waals surface area contributed by atoms with Crippen LogP contribution in [-0.2, 0) is 4.74 Å². The molecule has 1 aliphatic rings. The van der Waals surface area contributed by atoms with Gasteiger partial charge in [0.1, 0.15) is 17.3 Å². The van der Waals surface area contributed by atoms with E-state index in [2.05, 4.69) is 15.4 Å². The van der Waals surface area contributed by atoms with Crippen LogP contribution in [0.4, 0.5) is 14.6 Å². The fourth-order valence-electron chi connectivity index (χ4n) is 3.39. The number of ether oxygens (including phenoxy) is 2. The molecule has 0 bridgehead atoms. The van der Waals surface area contributed by atoms with Crippen molar-refractivity contribution in [3.8, 4) is 5.75 Å². The molecule has 7 nitrogen and oxygen atoms in total. The maximum absolute atomic E-state index is 12.8. The monoisotopic (exact) mass is 402 g/mol. The predicted octanol–water partition coefficient (Wildman–Crippen LogP) is 4.33. The highest BCUT2D eigenvalue weighted by atomic mass is 19.3. The molecule has 0 spiro atoms. The Morgan fingerprint density at radius 2 is 2.21 bits per heavy atom. The van der Waals surface area contributed by atoms with Gasteiger partial charge in [0, 0.05) is 18.1 Å². The molecule has 1 aliphatic heterocycles. The Morgan fingerprint density at radius 3 is 2.93 bits per heavy atom. The normalized spacial score (nSPS) is 16.9. The van der Waals surface area contributed by atoms with Gasteiger partial charge in [-0.3, -0.25) is 4.79 Å². The molecule has 4 rings (SSSR count). The Balaban J connectivity index is 1.64. The van der Waals surface area contributed by atoms with Crippen LogP contribution in [0.2, 0.25) is 0 Å². The van der Waals surface area contributed by atoms with Gasteiger partial charge in [0.25, 0.3) is 12.3 Å². The Hall–Kier alpha value is -3.07. The number of anilines is 1. The molecule has 0 radical (unpaired) electrons. The van der Waals surface area contributed by atoms with E-state index in [1.807, 2.05) is 0 Å². The van der Waals surface area contributed by atoms with Gasteiger partial charge in [-0.25, -0.2) is 18.4 Å². The van der Waals surface area contributed by atoms with E-state index >= 15 is 0 Å². The van der Waals surface area contributed by atoms with Crippen LogP contribution < -0.4 is 10.1 Å². The topological polar surface area (TPSA) is 78.3 Å². The summed E-state index contributed by atoms with van der Waals surface area (Å²) in [6.07, 6.45) is 1.77. The van der Waals surface area contributed by atoms with Crippen LogP contribution in [0.15, 0.2) is 36.5 Å². The van der Waals surface area contributed by atoms with Gasteiger partial charge in [-0.15, -0.1) is 0 Å². The van der Waals surface area contributed by atoms with E-state index in [0.29, 0.717) is 12.4 Å².